The Hall–Kier alpha value is 16.7. The van der Waals surface area contributed by atoms with Crippen LogP contribution in [0.4, 0.5) is 0 Å². The fourth-order valence-electron chi connectivity index (χ4n) is 0. The van der Waals surface area contributed by atoms with Crippen molar-refractivity contribution in [1.29, 1.82) is 0 Å². The molecular formula is H80K6O40SiTiW11. The van der Waals surface area contributed by atoms with Crippen molar-refractivity contribution in [3.05, 3.63) is 0 Å². The molecule has 0 spiro atoms. The van der Waals surface area contributed by atoms with Crippen molar-refractivity contribution in [3.8, 4) is 0 Å². The maximum atomic E-state index is 0. The quantitative estimate of drug-likeness (QED) is 0.204. The molecule has 59 heavy (non-hydrogen) atoms. The first-order chi connectivity index (χ1) is 0. The maximum absolute atomic E-state index is 0. The summed E-state index contributed by atoms with van der Waals surface area (Å²) in [5.74, 6) is 0. The van der Waals surface area contributed by atoms with E-state index in [-0.39, 0.29) is 792 Å². The van der Waals surface area contributed by atoms with E-state index in [4.69, 9.17) is 0 Å². The molecular weight excluding hydrogens is 2970 g/mol. The van der Waals surface area contributed by atoms with E-state index in [1.54, 1.807) is 0 Å². The molecule has 0 aromatic carbocycles. The molecule has 400 valence electrons. The molecule has 59 heteroatoms. The average molecular weight is 3050 g/mol. The van der Waals surface area contributed by atoms with Gasteiger partial charge in [-0.1, -0.05) is 0 Å². The molecule has 0 saturated carbocycles. The second-order valence-electron chi connectivity index (χ2n) is 0. The van der Waals surface area contributed by atoms with Gasteiger partial charge in [0.05, 0.1) is 0 Å². The molecule has 0 fully saturated rings. The van der Waals surface area contributed by atoms with Gasteiger partial charge in [0.2, 0.25) is 0 Å². The number of hydrogen-bond donors (Lipinski definition) is 0. The van der Waals surface area contributed by atoms with Crippen molar-refractivity contribution < 1.29 is 472 Å². The van der Waals surface area contributed by atoms with E-state index in [2.05, 4.69) is 0 Å². The van der Waals surface area contributed by atoms with Crippen LogP contribution in [0.2, 0.25) is 0 Å². The first-order valence-corrected chi connectivity index (χ1v) is 0. The first-order valence-electron chi connectivity index (χ1n) is 0. The van der Waals surface area contributed by atoms with Gasteiger partial charge in [0.25, 0.3) is 0 Å². The van der Waals surface area contributed by atoms with E-state index in [0.29, 0.717) is 0 Å². The van der Waals surface area contributed by atoms with Crippen LogP contribution in [0.25, 0.3) is 0 Å². The number of hydrogen-bond acceptors (Lipinski definition) is 0. The van der Waals surface area contributed by atoms with E-state index in [1.165, 1.54) is 0 Å². The molecule has 0 bridgehead atoms. The van der Waals surface area contributed by atoms with Crippen LogP contribution in [-0.4, -0.2) is 538 Å². The molecule has 0 heterocycles. The largest absolute Gasteiger partial charge is 0.412 e. The topological polar surface area (TPSA) is 1260 Å². The van der Waals surface area contributed by atoms with Crippen LogP contribution in [0.15, 0.2) is 0 Å². The van der Waals surface area contributed by atoms with Crippen LogP contribution in [0, 0.1) is 0 Å². The van der Waals surface area contributed by atoms with Gasteiger partial charge in [-0.2, -0.15) is 0 Å². The molecule has 0 amide bonds. The predicted molar refractivity (Wildman–Crippen MR) is 185 cm³/mol. The second-order valence-corrected chi connectivity index (χ2v) is 0. The van der Waals surface area contributed by atoms with Crippen LogP contribution in [0.5, 0.6) is 0 Å². The molecule has 0 aromatic heterocycles. The third-order valence-electron chi connectivity index (χ3n) is 0. The zero-order valence-corrected chi connectivity index (χ0v) is 85.1. The molecule has 0 aliphatic carbocycles. The third kappa shape index (κ3) is 1410. The van der Waals surface area contributed by atoms with Crippen LogP contribution in [-0.2, 0) is 253 Å². The molecule has 10 radical (unpaired) electrons. The van der Waals surface area contributed by atoms with E-state index >= 15 is 0 Å². The summed E-state index contributed by atoms with van der Waals surface area (Å²) in [6.45, 7) is 0. The minimum absolute atomic E-state index is 0. The average Bonchev–Trinajstić information content (AvgIpc) is 0. The van der Waals surface area contributed by atoms with Gasteiger partial charge < -0.3 is 219 Å². The van der Waals surface area contributed by atoms with Crippen molar-refractivity contribution >= 4 is 319 Å². The molecule has 80 N–H and O–H groups in total. The summed E-state index contributed by atoms with van der Waals surface area (Å²) in [6.07, 6.45) is 0. The zero-order chi connectivity index (χ0) is 0. The maximum Gasteiger partial charge on any atom is 0 e. The predicted octanol–water partition coefficient (Wildman–Crippen LogP) is -35.7. The van der Waals surface area contributed by atoms with Crippen molar-refractivity contribution in [2.75, 3.05) is 0 Å². The summed E-state index contributed by atoms with van der Waals surface area (Å²) in [7, 11) is 0. The van der Waals surface area contributed by atoms with Gasteiger partial charge in [0.1, 0.15) is 0 Å². The monoisotopic (exact) mass is 3050 g/mol. The Labute approximate surface area is 770 Å². The minimum Gasteiger partial charge on any atom is -0.412 e. The Kier molecular flexibility index (Phi) is 37200. The molecule has 0 aromatic rings. The van der Waals surface area contributed by atoms with Gasteiger partial charge in [-0.15, -0.1) is 0 Å². The van der Waals surface area contributed by atoms with E-state index in [0.717, 1.165) is 0 Å². The second kappa shape index (κ2) is 1450. The van der Waals surface area contributed by atoms with Gasteiger partial charge in [0.15, 0.2) is 0 Å². The summed E-state index contributed by atoms with van der Waals surface area (Å²) >= 11 is 0. The smallest absolute Gasteiger partial charge is 0 e. The first kappa shape index (κ1) is 1510. The summed E-state index contributed by atoms with van der Waals surface area (Å²) in [5.41, 5.74) is 0. The van der Waals surface area contributed by atoms with Gasteiger partial charge in [0, 0.05) is 573 Å². The molecule has 40 nitrogen and oxygen atoms in total. The van der Waals surface area contributed by atoms with Crippen molar-refractivity contribution in [2.45, 2.75) is 0 Å². The van der Waals surface area contributed by atoms with E-state index < -0.39 is 0 Å². The van der Waals surface area contributed by atoms with Crippen molar-refractivity contribution in [3.63, 3.8) is 0 Å². The van der Waals surface area contributed by atoms with E-state index in [9.17, 15) is 0 Å². The summed E-state index contributed by atoms with van der Waals surface area (Å²) in [5, 5.41) is 0. The fourth-order valence-corrected chi connectivity index (χ4v) is 0. The molecule has 0 aliphatic heterocycles. The Morgan fingerprint density at radius 2 is 0.0847 bits per heavy atom. The summed E-state index contributed by atoms with van der Waals surface area (Å²) in [6, 6.07) is 0. The zero-order valence-electron chi connectivity index (χ0n) is 31.5. The fraction of sp³-hybridized carbons (Fsp3) is 0. The van der Waals surface area contributed by atoms with Crippen LogP contribution >= 0.6 is 0 Å². The normalized spacial score (nSPS) is 0. The molecule has 0 saturated heterocycles. The van der Waals surface area contributed by atoms with Crippen molar-refractivity contribution in [1.82, 2.24) is 0 Å². The van der Waals surface area contributed by atoms with Gasteiger partial charge in [-0.25, -0.2) is 0 Å². The third-order valence-corrected chi connectivity index (χ3v) is 0. The summed E-state index contributed by atoms with van der Waals surface area (Å²) in [4.78, 5) is 0. The van der Waals surface area contributed by atoms with Crippen LogP contribution < -0.4 is 0 Å². The van der Waals surface area contributed by atoms with Crippen molar-refractivity contribution in [2.24, 2.45) is 0 Å². The number of rotatable bonds is 0. The van der Waals surface area contributed by atoms with Gasteiger partial charge in [-0.3, -0.25) is 0 Å². The summed E-state index contributed by atoms with van der Waals surface area (Å²) < 4.78 is 0. The Morgan fingerprint density at radius 1 is 0.0847 bits per heavy atom. The standard InChI is InChI=1S/6K.40H2O.Si.Ti.11W/h;;;;;;40*1H2;;;;;;;;;;;;;. The minimum atomic E-state index is 0. The Morgan fingerprint density at radius 3 is 0.0847 bits per heavy atom. The van der Waals surface area contributed by atoms with Gasteiger partial charge >= 0.3 is 0 Å². The molecule has 0 atom stereocenters. The van der Waals surface area contributed by atoms with Crippen LogP contribution in [0.1, 0.15) is 0 Å². The Balaban J connectivity index is 0. The Bertz CT molecular complexity index is 80.6. The van der Waals surface area contributed by atoms with Gasteiger partial charge in [-0.05, 0) is 0 Å². The molecule has 0 unspecified atom stereocenters. The molecule has 0 rings (SSSR count). The van der Waals surface area contributed by atoms with E-state index in [1.807, 2.05) is 0 Å². The SMILES string of the molecule is O.O.O.O.O.O.O.O.O.O.O.O.O.O.O.O.O.O.O.O.O.O.O.O.O.O.O.O.O.O.O.O.O.O.O.O.O.O.O.O.[K].[K].[K].[K].[K].[K].[Si].[Ti].[W].[W].[W].[W].[W].[W].[W].[W].[W].[W].[W]. The van der Waals surface area contributed by atoms with Crippen LogP contribution in [0.3, 0.4) is 0 Å². The molecule has 0 aliphatic rings.